The zero-order chi connectivity index (χ0) is 62.7. The Bertz CT molecular complexity index is 5040. The van der Waals surface area contributed by atoms with Gasteiger partial charge in [0.25, 0.3) is 0 Å². The van der Waals surface area contributed by atoms with E-state index >= 15 is 0 Å². The molecule has 0 aliphatic carbocycles. The van der Waals surface area contributed by atoms with Crippen LogP contribution in [0.15, 0.2) is 236 Å². The summed E-state index contributed by atoms with van der Waals surface area (Å²) in [5.74, 6) is 0.524. The predicted octanol–water partition coefficient (Wildman–Crippen LogP) is 18.4. The van der Waals surface area contributed by atoms with Gasteiger partial charge in [-0.1, -0.05) is 48.5 Å². The fourth-order valence-corrected chi connectivity index (χ4v) is 12.8. The Labute approximate surface area is 506 Å². The first-order valence-electron chi connectivity index (χ1n) is 31.4. The standard InChI is InChI=1S/C75H60BN5O.Pt/c1-50-44-69(80-68-39-23-35-64-63-32-17-18-36-65(63)81(72(64)68)76(80)58-28-15-10-16-29-58)77-73(70(50)54-26-13-9-14-27-54)82-60-31-21-30-59(48-60)78-49-79(67-38-20-19-37-66(67)78)71-61(53-42-40-52(41-43-53)51-24-11-8-12-25-51)33-22-34-62(71)55-45-56(74(2,3)4)47-57(46-55)75(5,6)7;/h8-38,40-47H,1-7H3;/q-2;/i1D3,19D,20D,37D,38D;. The van der Waals surface area contributed by atoms with Crippen molar-refractivity contribution in [2.24, 2.45) is 0 Å². The molecule has 0 amide bonds. The molecule has 0 saturated carbocycles. The van der Waals surface area contributed by atoms with Crippen molar-refractivity contribution < 1.29 is 33.7 Å². The van der Waals surface area contributed by atoms with Gasteiger partial charge >= 0.3 is 427 Å². The van der Waals surface area contributed by atoms with Gasteiger partial charge in [0, 0.05) is 5.52 Å². The summed E-state index contributed by atoms with van der Waals surface area (Å²) in [6.07, 6.45) is 0. The van der Waals surface area contributed by atoms with E-state index in [4.69, 9.17) is 9.72 Å². The second-order valence-electron chi connectivity index (χ2n) is 23.3. The Kier molecular flexibility index (Phi) is 11.0. The SMILES string of the molecule is [2H]c1c([2H])c([2H])c2c(c1[2H])n(-c1[c-]c(Oc3nc(N4B(c5ccccc5)n5c6ccccc6c6cc[c-]c4c65)cc(C([2H])([2H])[2H])c3-c3ccccc3)ccc1)[c](=[Pt])n2-c1c(-c2ccc(-c3ccccc3)cc2)cccc1-c1cc(C(C)(C)C)cc(C(C)(C)C)c1. The van der Waals surface area contributed by atoms with E-state index in [1.807, 2.05) is 100 Å². The van der Waals surface area contributed by atoms with Gasteiger partial charge in [-0.25, -0.2) is 0 Å². The number of pyridine rings is 1. The summed E-state index contributed by atoms with van der Waals surface area (Å²) in [5.41, 5.74) is 13.7. The third-order valence-corrected chi connectivity index (χ3v) is 16.9. The van der Waals surface area contributed by atoms with E-state index < -0.39 is 19.9 Å². The number of aromatic nitrogens is 4. The molecule has 1 aliphatic rings. The minimum atomic E-state index is -2.66. The molecule has 0 saturated heterocycles. The van der Waals surface area contributed by atoms with E-state index in [1.165, 1.54) is 0 Å². The summed E-state index contributed by atoms with van der Waals surface area (Å²) in [5, 5.41) is 2.12. The average Bonchev–Trinajstić information content (AvgIpc) is 1.54. The summed E-state index contributed by atoms with van der Waals surface area (Å²) in [6, 6.07) is 76.3. The fraction of sp³-hybridized carbons (Fsp3) is 0.120. The number of para-hydroxylation sites is 4. The normalized spacial score (nSPS) is 13.9. The van der Waals surface area contributed by atoms with E-state index in [9.17, 15) is 9.60 Å². The molecule has 0 bridgehead atoms. The number of rotatable bonds is 10. The number of imidazole rings is 1. The van der Waals surface area contributed by atoms with E-state index in [2.05, 4.69) is 185 Å². The summed E-state index contributed by atoms with van der Waals surface area (Å²) in [7, 11) is 0. The Morgan fingerprint density at radius 3 is 1.86 bits per heavy atom. The van der Waals surface area contributed by atoms with Crippen LogP contribution < -0.4 is 15.0 Å². The molecule has 0 N–H and O–H groups in total. The second kappa shape index (κ2) is 20.4. The second-order valence-corrected chi connectivity index (χ2v) is 24.3. The molecule has 4 heterocycles. The third kappa shape index (κ3) is 9.10. The predicted molar refractivity (Wildman–Crippen MR) is 341 cm³/mol. The van der Waals surface area contributed by atoms with Crippen LogP contribution in [0.1, 0.15) is 67.8 Å². The minimum absolute atomic E-state index is 0.0202. The summed E-state index contributed by atoms with van der Waals surface area (Å²) in [6.45, 7) is 10.1. The molecule has 0 unspecified atom stereocenters. The summed E-state index contributed by atoms with van der Waals surface area (Å²) in [4.78, 5) is 7.45. The molecule has 83 heavy (non-hydrogen) atoms. The molecule has 13 aromatic rings. The fourth-order valence-electron chi connectivity index (χ4n) is 11.8. The van der Waals surface area contributed by atoms with Gasteiger partial charge in [0.15, 0.2) is 0 Å². The van der Waals surface area contributed by atoms with E-state index in [0.29, 0.717) is 20.9 Å². The Balaban J connectivity index is 0.997. The van der Waals surface area contributed by atoms with Crippen LogP contribution in [0.25, 0.3) is 88.7 Å². The van der Waals surface area contributed by atoms with E-state index in [1.54, 1.807) is 18.2 Å². The Morgan fingerprint density at radius 1 is 0.566 bits per heavy atom. The van der Waals surface area contributed by atoms with Crippen LogP contribution in [0.3, 0.4) is 0 Å². The topological polar surface area (TPSA) is 40.1 Å². The van der Waals surface area contributed by atoms with Gasteiger partial charge in [0.05, 0.1) is 0 Å². The van der Waals surface area contributed by atoms with Gasteiger partial charge in [0.1, 0.15) is 0 Å². The molecule has 8 heteroatoms. The average molecular weight is 1260 g/mol. The molecular weight excluding hydrogens is 1190 g/mol. The molecule has 3 aromatic heterocycles. The van der Waals surface area contributed by atoms with Gasteiger partial charge in [0.2, 0.25) is 0 Å². The van der Waals surface area contributed by atoms with Gasteiger partial charge in [-0.05, 0) is 11.5 Å². The van der Waals surface area contributed by atoms with Gasteiger partial charge < -0.3 is 0 Å². The third-order valence-electron chi connectivity index (χ3n) is 15.9. The van der Waals surface area contributed by atoms with Gasteiger partial charge in [-0.15, -0.1) is 5.39 Å². The number of aryl methyl sites for hydroxylation is 1. The van der Waals surface area contributed by atoms with Crippen molar-refractivity contribution in [2.45, 2.75) is 59.2 Å². The summed E-state index contributed by atoms with van der Waals surface area (Å²) < 4.78 is 79.6. The van der Waals surface area contributed by atoms with Crippen LogP contribution in [0, 0.1) is 22.8 Å². The van der Waals surface area contributed by atoms with Crippen LogP contribution >= 0.6 is 0 Å². The van der Waals surface area contributed by atoms with Crippen molar-refractivity contribution in [3.8, 4) is 67.5 Å². The Hall–Kier alpha value is -9.03. The van der Waals surface area contributed by atoms with Crippen molar-refractivity contribution in [3.05, 3.63) is 269 Å². The zero-order valence-electron chi connectivity index (χ0n) is 53.7. The van der Waals surface area contributed by atoms with Gasteiger partial charge in [-0.2, -0.15) is 12.1 Å². The molecule has 0 atom stereocenters. The molecule has 0 radical (unpaired) electrons. The first kappa shape index (κ1) is 44.6. The molecule has 10 aromatic carbocycles. The molecule has 1 aliphatic heterocycles. The summed E-state index contributed by atoms with van der Waals surface area (Å²) >= 11 is 2.25. The zero-order valence-corrected chi connectivity index (χ0v) is 49.0. The van der Waals surface area contributed by atoms with Crippen molar-refractivity contribution in [1.29, 1.82) is 0 Å². The van der Waals surface area contributed by atoms with Crippen molar-refractivity contribution in [1.82, 2.24) is 18.6 Å². The number of nitrogens with zero attached hydrogens (tertiary/aromatic N) is 5. The molecular formula is C75H60BN5OPt-2. The molecule has 14 rings (SSSR count). The van der Waals surface area contributed by atoms with E-state index in [0.717, 1.165) is 83.2 Å². The first-order valence-corrected chi connectivity index (χ1v) is 29.0. The van der Waals surface area contributed by atoms with Crippen LogP contribution in [-0.2, 0) is 30.2 Å². The van der Waals surface area contributed by atoms with E-state index in [-0.39, 0.29) is 62.7 Å². The monoisotopic (exact) mass is 1260 g/mol. The Morgan fingerprint density at radius 2 is 1.17 bits per heavy atom. The number of anilines is 2. The molecule has 6 nitrogen and oxygen atoms in total. The number of hydrogen-bond donors (Lipinski definition) is 0. The number of fused-ring (bicyclic) bond motifs is 4. The van der Waals surface area contributed by atoms with Crippen molar-refractivity contribution in [3.63, 3.8) is 0 Å². The molecule has 0 fully saturated rings. The number of ether oxygens (including phenoxy) is 1. The van der Waals surface area contributed by atoms with Crippen LogP contribution in [0.5, 0.6) is 11.6 Å². The maximum absolute atomic E-state index is 9.90. The van der Waals surface area contributed by atoms with Crippen molar-refractivity contribution >= 4 is 56.8 Å². The quantitative estimate of drug-likeness (QED) is 0.101. The van der Waals surface area contributed by atoms with Crippen LogP contribution in [-0.4, -0.2) is 25.6 Å². The molecule has 0 spiro atoms. The molecule has 406 valence electrons. The van der Waals surface area contributed by atoms with Crippen molar-refractivity contribution in [2.75, 3.05) is 4.81 Å². The number of benzene rings is 10. The van der Waals surface area contributed by atoms with Crippen LogP contribution in [0.2, 0.25) is 0 Å². The maximum atomic E-state index is 9.90. The van der Waals surface area contributed by atoms with Crippen LogP contribution in [0.4, 0.5) is 11.5 Å². The number of hydrogen-bond acceptors (Lipinski definition) is 3. The first-order chi connectivity index (χ1) is 43.2. The van der Waals surface area contributed by atoms with Gasteiger partial charge in [-0.3, -0.25) is 0 Å².